The van der Waals surface area contributed by atoms with Crippen LogP contribution in [0.25, 0.3) is 0 Å². The van der Waals surface area contributed by atoms with E-state index < -0.39 is 20.0 Å². The maximum absolute atomic E-state index is 12.8. The minimum absolute atomic E-state index is 0.0557. The number of likely N-dealkylation sites (N-methyl/N-ethyl adjacent to an activating group) is 1. The number of nitrogens with zero attached hydrogens (tertiary/aromatic N) is 1. The number of quaternary nitrogens is 1. The predicted molar refractivity (Wildman–Crippen MR) is 295 cm³/mol. The molecule has 1 amide bonds. The fourth-order valence-corrected chi connectivity index (χ4v) is 7.71. The smallest absolute Gasteiger partial charge is 0.387 e. The summed E-state index contributed by atoms with van der Waals surface area (Å²) in [5.41, 5.74) is 0. The monoisotopic (exact) mass is 966 g/mol. The quantitative estimate of drug-likeness (QED) is 0.0243. The Bertz CT molecular complexity index is 1510. The van der Waals surface area contributed by atoms with Gasteiger partial charge in [0.05, 0.1) is 39.9 Å². The van der Waals surface area contributed by atoms with Crippen molar-refractivity contribution in [2.45, 2.75) is 206 Å². The van der Waals surface area contributed by atoms with Crippen LogP contribution in [0.4, 0.5) is 0 Å². The SMILES string of the molecule is CC/C=C\C/C=C\C/C=C\C/C=C\C/C=C\C/C=C\C/C=C\C/C=C\C/C=C\CCCCCCCCCCCCCCCC(=O)NC(COP(=O)(O)OCC[N+](C)(C)C)C(O)/C=C/CCCCC. The standard InChI is InChI=1S/C59H101N2O6P/c1-6-8-10-12-13-14-15-16-17-18-19-20-21-22-23-24-25-26-27-28-29-30-31-32-33-34-35-36-37-38-39-40-41-42-43-44-45-46-47-49-51-53-59(63)60-57(58(62)52-50-48-11-9-7-2)56-67-68(64,65)66-55-54-61(3,4)5/h8,10,13-14,16-17,19-20,22-23,25-26,28-29,31-32,34-35,50,52,57-58,62H,6-7,9,11-12,15,18,21,24,27,30,33,36-49,51,53-56H2,1-5H3,(H-,60,63,64,65)/p+1/b10-8-,14-13-,17-16-,20-19-,23-22-,26-25-,29-28-,32-31-,35-34-,52-50+. The molecule has 3 unspecified atom stereocenters. The van der Waals surface area contributed by atoms with Gasteiger partial charge in [0.2, 0.25) is 5.91 Å². The van der Waals surface area contributed by atoms with Crippen molar-refractivity contribution in [3.8, 4) is 0 Å². The Morgan fingerprint density at radius 2 is 0.882 bits per heavy atom. The Labute approximate surface area is 418 Å². The molecule has 68 heavy (non-hydrogen) atoms. The number of aliphatic hydroxyl groups is 1. The Morgan fingerprint density at radius 1 is 0.515 bits per heavy atom. The van der Waals surface area contributed by atoms with Crippen molar-refractivity contribution in [1.82, 2.24) is 5.32 Å². The number of phosphoric ester groups is 1. The van der Waals surface area contributed by atoms with E-state index in [4.69, 9.17) is 9.05 Å². The van der Waals surface area contributed by atoms with Crippen molar-refractivity contribution in [3.05, 3.63) is 122 Å². The fraction of sp³-hybridized carbons (Fsp3) is 0.644. The molecule has 0 heterocycles. The lowest BCUT2D eigenvalue weighted by Crippen LogP contribution is -2.45. The highest BCUT2D eigenvalue weighted by atomic mass is 31.2. The number of allylic oxidation sites excluding steroid dienone is 19. The van der Waals surface area contributed by atoms with Gasteiger partial charge in [-0.25, -0.2) is 4.57 Å². The number of hydrogen-bond acceptors (Lipinski definition) is 5. The van der Waals surface area contributed by atoms with Crippen molar-refractivity contribution < 1.29 is 32.9 Å². The van der Waals surface area contributed by atoms with Gasteiger partial charge in [0, 0.05) is 6.42 Å². The van der Waals surface area contributed by atoms with E-state index in [-0.39, 0.29) is 19.1 Å². The van der Waals surface area contributed by atoms with Crippen molar-refractivity contribution in [1.29, 1.82) is 0 Å². The average molecular weight is 966 g/mol. The number of rotatable bonds is 47. The summed E-state index contributed by atoms with van der Waals surface area (Å²) in [6.45, 7) is 4.56. The summed E-state index contributed by atoms with van der Waals surface area (Å²) >= 11 is 0. The molecule has 0 aliphatic heterocycles. The normalized spacial score (nSPS) is 15.0. The number of phosphoric acid groups is 1. The van der Waals surface area contributed by atoms with E-state index in [1.165, 1.54) is 70.6 Å². The van der Waals surface area contributed by atoms with E-state index in [2.05, 4.69) is 129 Å². The van der Waals surface area contributed by atoms with Gasteiger partial charge in [-0.3, -0.25) is 13.8 Å². The molecular weight excluding hydrogens is 864 g/mol. The second kappa shape index (κ2) is 48.9. The zero-order valence-electron chi connectivity index (χ0n) is 44.0. The van der Waals surface area contributed by atoms with E-state index in [1.54, 1.807) is 6.08 Å². The summed E-state index contributed by atoms with van der Waals surface area (Å²) in [5, 5.41) is 13.6. The number of amides is 1. The summed E-state index contributed by atoms with van der Waals surface area (Å²) in [7, 11) is 1.55. The van der Waals surface area contributed by atoms with Crippen molar-refractivity contribution in [2.24, 2.45) is 0 Å². The summed E-state index contributed by atoms with van der Waals surface area (Å²) in [6, 6.07) is -0.849. The Kier molecular flexibility index (Phi) is 46.7. The number of aliphatic hydroxyl groups excluding tert-OH is 1. The molecule has 3 atom stereocenters. The molecule has 0 aromatic heterocycles. The van der Waals surface area contributed by atoms with Crippen LogP contribution in [0, 0.1) is 0 Å². The van der Waals surface area contributed by atoms with Crippen LogP contribution in [-0.4, -0.2) is 73.4 Å². The van der Waals surface area contributed by atoms with Crippen LogP contribution in [0.3, 0.4) is 0 Å². The summed E-state index contributed by atoms with van der Waals surface area (Å²) in [6.07, 6.45) is 73.6. The third-order valence-electron chi connectivity index (χ3n) is 11.2. The van der Waals surface area contributed by atoms with Gasteiger partial charge >= 0.3 is 7.82 Å². The van der Waals surface area contributed by atoms with Crippen molar-refractivity contribution in [3.63, 3.8) is 0 Å². The minimum Gasteiger partial charge on any atom is -0.387 e. The molecule has 0 aliphatic rings. The molecule has 0 bridgehead atoms. The zero-order chi connectivity index (χ0) is 49.9. The lowest BCUT2D eigenvalue weighted by Gasteiger charge is -2.25. The van der Waals surface area contributed by atoms with E-state index in [9.17, 15) is 19.4 Å². The highest BCUT2D eigenvalue weighted by Crippen LogP contribution is 2.43. The van der Waals surface area contributed by atoms with Crippen molar-refractivity contribution in [2.75, 3.05) is 40.9 Å². The zero-order valence-corrected chi connectivity index (χ0v) is 44.9. The number of carbonyl (C=O) groups excluding carboxylic acids is 1. The molecule has 3 N–H and O–H groups in total. The molecule has 0 radical (unpaired) electrons. The highest BCUT2D eigenvalue weighted by Gasteiger charge is 2.27. The van der Waals surface area contributed by atoms with Crippen LogP contribution < -0.4 is 5.32 Å². The van der Waals surface area contributed by atoms with Gasteiger partial charge in [-0.15, -0.1) is 0 Å². The fourth-order valence-electron chi connectivity index (χ4n) is 6.97. The van der Waals surface area contributed by atoms with Crippen LogP contribution in [0.5, 0.6) is 0 Å². The maximum atomic E-state index is 12.8. The summed E-state index contributed by atoms with van der Waals surface area (Å²) in [4.78, 5) is 23.0. The van der Waals surface area contributed by atoms with Gasteiger partial charge in [0.25, 0.3) is 0 Å². The van der Waals surface area contributed by atoms with Gasteiger partial charge < -0.3 is 19.8 Å². The Balaban J connectivity index is 3.86. The van der Waals surface area contributed by atoms with Gasteiger partial charge in [-0.1, -0.05) is 219 Å². The van der Waals surface area contributed by atoms with Crippen LogP contribution in [0.15, 0.2) is 122 Å². The van der Waals surface area contributed by atoms with Crippen molar-refractivity contribution >= 4 is 13.7 Å². The Hall–Kier alpha value is -3.10. The first-order valence-corrected chi connectivity index (χ1v) is 28.4. The summed E-state index contributed by atoms with van der Waals surface area (Å²) < 4.78 is 23.4. The first-order chi connectivity index (χ1) is 33.0. The lowest BCUT2D eigenvalue weighted by molar-refractivity contribution is -0.870. The average Bonchev–Trinajstić information content (AvgIpc) is 3.30. The molecule has 9 heteroatoms. The summed E-state index contributed by atoms with van der Waals surface area (Å²) in [5.74, 6) is -0.191. The van der Waals surface area contributed by atoms with E-state index >= 15 is 0 Å². The number of nitrogens with one attached hydrogen (secondary N) is 1. The van der Waals surface area contributed by atoms with Crippen LogP contribution in [0.1, 0.15) is 194 Å². The molecule has 0 saturated carbocycles. The molecule has 0 fully saturated rings. The molecule has 0 spiro atoms. The first-order valence-electron chi connectivity index (χ1n) is 26.9. The molecule has 0 aromatic rings. The molecule has 0 aromatic carbocycles. The second-order valence-electron chi connectivity index (χ2n) is 18.9. The Morgan fingerprint density at radius 3 is 1.29 bits per heavy atom. The molecular formula is C59H102N2O6P+. The van der Waals surface area contributed by atoms with Crippen LogP contribution >= 0.6 is 7.82 Å². The molecule has 0 saturated heterocycles. The molecule has 388 valence electrons. The predicted octanol–water partition coefficient (Wildman–Crippen LogP) is 16.2. The molecule has 8 nitrogen and oxygen atoms in total. The molecule has 0 rings (SSSR count). The van der Waals surface area contributed by atoms with E-state index in [1.807, 2.05) is 27.2 Å². The van der Waals surface area contributed by atoms with Gasteiger partial charge in [-0.2, -0.15) is 0 Å². The lowest BCUT2D eigenvalue weighted by atomic mass is 10.0. The molecule has 0 aliphatic carbocycles. The number of carbonyl (C=O) groups is 1. The van der Waals surface area contributed by atoms with Crippen LogP contribution in [-0.2, 0) is 18.4 Å². The second-order valence-corrected chi connectivity index (χ2v) is 20.3. The van der Waals surface area contributed by atoms with Gasteiger partial charge in [-0.05, 0) is 89.9 Å². The van der Waals surface area contributed by atoms with Gasteiger partial charge in [0.1, 0.15) is 13.2 Å². The minimum atomic E-state index is -4.33. The largest absolute Gasteiger partial charge is 0.472 e. The highest BCUT2D eigenvalue weighted by molar-refractivity contribution is 7.47. The third kappa shape index (κ3) is 50.8. The maximum Gasteiger partial charge on any atom is 0.472 e. The first kappa shape index (κ1) is 64.9. The van der Waals surface area contributed by atoms with E-state index in [0.717, 1.165) is 103 Å². The van der Waals surface area contributed by atoms with Gasteiger partial charge in [0.15, 0.2) is 0 Å². The third-order valence-corrected chi connectivity index (χ3v) is 12.2. The van der Waals surface area contributed by atoms with Crippen LogP contribution in [0.2, 0.25) is 0 Å². The number of hydrogen-bond donors (Lipinski definition) is 3. The topological polar surface area (TPSA) is 105 Å². The number of unbranched alkanes of at least 4 members (excludes halogenated alkanes) is 16. The van der Waals surface area contributed by atoms with E-state index in [0.29, 0.717) is 17.4 Å².